The molecule has 0 aliphatic rings. The molecule has 0 saturated heterocycles. The summed E-state index contributed by atoms with van der Waals surface area (Å²) in [6.07, 6.45) is 1.43. The predicted octanol–water partition coefficient (Wildman–Crippen LogP) is -0.120. The number of hydrogen-bond acceptors (Lipinski definition) is 5. The number of oxazole rings is 1. The van der Waals surface area contributed by atoms with Crippen LogP contribution >= 0.6 is 0 Å². The highest BCUT2D eigenvalue weighted by molar-refractivity contribution is 5.69. The molecule has 1 heterocycles. The van der Waals surface area contributed by atoms with Crippen LogP contribution in [-0.4, -0.2) is 23.5 Å². The molecule has 0 bridgehead atoms. The first-order valence-corrected chi connectivity index (χ1v) is 3.52. The Morgan fingerprint density at radius 3 is 3.08 bits per heavy atom. The van der Waals surface area contributed by atoms with Crippen molar-refractivity contribution in [3.63, 3.8) is 0 Å². The van der Waals surface area contributed by atoms with Crippen LogP contribution in [0.3, 0.4) is 0 Å². The molecular formula is C7H8N2O4. The van der Waals surface area contributed by atoms with E-state index in [9.17, 15) is 9.59 Å². The van der Waals surface area contributed by atoms with Gasteiger partial charge < -0.3 is 14.9 Å². The van der Waals surface area contributed by atoms with Crippen LogP contribution in [0.25, 0.3) is 0 Å². The second-order valence-corrected chi connectivity index (χ2v) is 2.24. The first-order valence-electron chi connectivity index (χ1n) is 3.52. The Morgan fingerprint density at radius 2 is 2.62 bits per heavy atom. The van der Waals surface area contributed by atoms with Crippen molar-refractivity contribution < 1.29 is 18.7 Å². The Bertz CT molecular complexity index is 283. The molecule has 0 aliphatic carbocycles. The summed E-state index contributed by atoms with van der Waals surface area (Å²) in [6, 6.07) is 0. The minimum absolute atomic E-state index is 0.0967. The fraction of sp³-hybridized carbons (Fsp3) is 0.286. The Kier molecular flexibility index (Phi) is 3.02. The highest BCUT2D eigenvalue weighted by Crippen LogP contribution is 2.01. The maximum atomic E-state index is 10.4. The number of nitrogens with two attached hydrogens (primary N) is 1. The lowest BCUT2D eigenvalue weighted by Crippen LogP contribution is -2.25. The van der Waals surface area contributed by atoms with E-state index in [-0.39, 0.29) is 6.42 Å². The van der Waals surface area contributed by atoms with E-state index in [2.05, 4.69) is 9.72 Å². The summed E-state index contributed by atoms with van der Waals surface area (Å²) in [5, 5.41) is 0. The van der Waals surface area contributed by atoms with Crippen molar-refractivity contribution >= 4 is 12.4 Å². The van der Waals surface area contributed by atoms with Gasteiger partial charge in [0, 0.05) is 0 Å². The molecule has 6 nitrogen and oxygen atoms in total. The number of amides is 1. The Hall–Kier alpha value is -1.85. The fourth-order valence-corrected chi connectivity index (χ4v) is 0.793. The molecule has 2 N–H and O–H groups in total. The van der Waals surface area contributed by atoms with Crippen LogP contribution in [0.1, 0.15) is 5.89 Å². The molecule has 1 aromatic rings. The number of primary amides is 1. The standard InChI is InChI=1S/C7H8N2O4/c8-7(11)13-5(4-10)3-6-9-1-2-12-6/h1-2,4-5H,3H2,(H2,8,11). The molecule has 1 rings (SSSR count). The molecule has 0 aromatic carbocycles. The van der Waals surface area contributed by atoms with Crippen LogP contribution in [0.15, 0.2) is 16.9 Å². The van der Waals surface area contributed by atoms with Crippen LogP contribution in [0, 0.1) is 0 Å². The molecule has 1 aromatic heterocycles. The van der Waals surface area contributed by atoms with Gasteiger partial charge in [-0.05, 0) is 0 Å². The minimum Gasteiger partial charge on any atom is -0.449 e. The summed E-state index contributed by atoms with van der Waals surface area (Å²) in [4.78, 5) is 24.4. The topological polar surface area (TPSA) is 95.4 Å². The molecule has 6 heteroatoms. The first kappa shape index (κ1) is 9.24. The van der Waals surface area contributed by atoms with Crippen LogP contribution < -0.4 is 5.73 Å². The number of carbonyl (C=O) groups is 2. The van der Waals surface area contributed by atoms with Gasteiger partial charge in [0.1, 0.15) is 6.26 Å². The molecule has 1 amide bonds. The molecule has 0 saturated carbocycles. The van der Waals surface area contributed by atoms with Gasteiger partial charge in [0.05, 0.1) is 12.6 Å². The third kappa shape index (κ3) is 2.94. The summed E-state index contributed by atoms with van der Waals surface area (Å²) in [6.45, 7) is 0. The molecule has 0 radical (unpaired) electrons. The van der Waals surface area contributed by atoms with Gasteiger partial charge in [-0.2, -0.15) is 0 Å². The second-order valence-electron chi connectivity index (χ2n) is 2.24. The molecule has 0 spiro atoms. The van der Waals surface area contributed by atoms with E-state index in [4.69, 9.17) is 10.2 Å². The fourth-order valence-electron chi connectivity index (χ4n) is 0.793. The highest BCUT2D eigenvalue weighted by atomic mass is 16.6. The third-order valence-electron chi connectivity index (χ3n) is 1.28. The monoisotopic (exact) mass is 184 g/mol. The van der Waals surface area contributed by atoms with Gasteiger partial charge in [-0.15, -0.1) is 0 Å². The van der Waals surface area contributed by atoms with Crippen molar-refractivity contribution in [1.82, 2.24) is 4.98 Å². The lowest BCUT2D eigenvalue weighted by Gasteiger charge is -2.06. The van der Waals surface area contributed by atoms with Crippen molar-refractivity contribution in [2.75, 3.05) is 0 Å². The van der Waals surface area contributed by atoms with E-state index in [0.29, 0.717) is 12.2 Å². The van der Waals surface area contributed by atoms with E-state index in [1.165, 1.54) is 12.5 Å². The number of aldehydes is 1. The van der Waals surface area contributed by atoms with E-state index in [1.807, 2.05) is 0 Å². The van der Waals surface area contributed by atoms with Gasteiger partial charge in [-0.25, -0.2) is 9.78 Å². The maximum absolute atomic E-state index is 10.4. The summed E-state index contributed by atoms with van der Waals surface area (Å²) in [5.41, 5.74) is 4.73. The summed E-state index contributed by atoms with van der Waals surface area (Å²) >= 11 is 0. The van der Waals surface area contributed by atoms with Crippen LogP contribution in [0.4, 0.5) is 4.79 Å². The summed E-state index contributed by atoms with van der Waals surface area (Å²) in [7, 11) is 0. The van der Waals surface area contributed by atoms with Crippen LogP contribution in [-0.2, 0) is 16.0 Å². The Balaban J connectivity index is 2.49. The number of ether oxygens (including phenoxy) is 1. The number of hydrogen-bond donors (Lipinski definition) is 1. The van der Waals surface area contributed by atoms with Crippen molar-refractivity contribution in [2.45, 2.75) is 12.5 Å². The average Bonchev–Trinajstić information content (AvgIpc) is 2.55. The van der Waals surface area contributed by atoms with Crippen molar-refractivity contribution in [3.05, 3.63) is 18.4 Å². The van der Waals surface area contributed by atoms with Gasteiger partial charge in [0.25, 0.3) is 0 Å². The molecule has 13 heavy (non-hydrogen) atoms. The molecule has 0 aliphatic heterocycles. The predicted molar refractivity (Wildman–Crippen MR) is 40.7 cm³/mol. The molecular weight excluding hydrogens is 176 g/mol. The number of aromatic nitrogens is 1. The quantitative estimate of drug-likeness (QED) is 0.658. The van der Waals surface area contributed by atoms with Crippen LogP contribution in [0.2, 0.25) is 0 Å². The van der Waals surface area contributed by atoms with Crippen molar-refractivity contribution in [1.29, 1.82) is 0 Å². The molecule has 1 atom stereocenters. The van der Waals surface area contributed by atoms with Gasteiger partial charge in [-0.1, -0.05) is 0 Å². The lowest BCUT2D eigenvalue weighted by atomic mass is 10.3. The number of rotatable bonds is 4. The first-order chi connectivity index (χ1) is 6.22. The molecule has 0 fully saturated rings. The normalized spacial score (nSPS) is 12.0. The van der Waals surface area contributed by atoms with E-state index < -0.39 is 12.2 Å². The Labute approximate surface area is 73.7 Å². The highest BCUT2D eigenvalue weighted by Gasteiger charge is 2.14. The van der Waals surface area contributed by atoms with Crippen LogP contribution in [0.5, 0.6) is 0 Å². The zero-order valence-corrected chi connectivity index (χ0v) is 6.67. The van der Waals surface area contributed by atoms with Gasteiger partial charge in [0.2, 0.25) is 0 Å². The van der Waals surface area contributed by atoms with Gasteiger partial charge in [-0.3, -0.25) is 4.79 Å². The van der Waals surface area contributed by atoms with E-state index in [1.54, 1.807) is 0 Å². The van der Waals surface area contributed by atoms with Crippen molar-refractivity contribution in [3.8, 4) is 0 Å². The van der Waals surface area contributed by atoms with Gasteiger partial charge >= 0.3 is 6.09 Å². The van der Waals surface area contributed by atoms with Gasteiger partial charge in [0.15, 0.2) is 18.3 Å². The maximum Gasteiger partial charge on any atom is 0.405 e. The zero-order valence-electron chi connectivity index (χ0n) is 6.67. The zero-order chi connectivity index (χ0) is 9.68. The van der Waals surface area contributed by atoms with E-state index in [0.717, 1.165) is 0 Å². The third-order valence-corrected chi connectivity index (χ3v) is 1.28. The minimum atomic E-state index is -0.997. The van der Waals surface area contributed by atoms with E-state index >= 15 is 0 Å². The molecule has 1 unspecified atom stereocenters. The number of carbonyl (C=O) groups excluding carboxylic acids is 2. The Morgan fingerprint density at radius 1 is 1.85 bits per heavy atom. The van der Waals surface area contributed by atoms with Crippen molar-refractivity contribution in [2.24, 2.45) is 5.73 Å². The number of nitrogens with zero attached hydrogens (tertiary/aromatic N) is 1. The average molecular weight is 184 g/mol. The second kappa shape index (κ2) is 4.24. The largest absolute Gasteiger partial charge is 0.449 e. The lowest BCUT2D eigenvalue weighted by molar-refractivity contribution is -0.115. The SMILES string of the molecule is NC(=O)OC(C=O)Cc1ncco1. The summed E-state index contributed by atoms with van der Waals surface area (Å²) < 4.78 is 9.29. The summed E-state index contributed by atoms with van der Waals surface area (Å²) in [5.74, 6) is 0.318. The smallest absolute Gasteiger partial charge is 0.405 e. The molecule has 70 valence electrons.